The Labute approximate surface area is 122 Å². The van der Waals surface area contributed by atoms with Gasteiger partial charge in [0.15, 0.2) is 0 Å². The first-order valence-corrected chi connectivity index (χ1v) is 7.49. The van der Waals surface area contributed by atoms with Gasteiger partial charge < -0.3 is 14.6 Å². The molecule has 2 atom stereocenters. The van der Waals surface area contributed by atoms with Crippen LogP contribution in [0.3, 0.4) is 0 Å². The maximum Gasteiger partial charge on any atom is 0.126 e. The molecule has 0 bridgehead atoms. The third kappa shape index (κ3) is 2.54. The molecule has 0 aromatic heterocycles. The summed E-state index contributed by atoms with van der Waals surface area (Å²) in [6.07, 6.45) is 1.83. The standard InChI is InChI=1S/C15H19BrO3/c1-14(2)9-15(5-6-18-14)8-12(17)11-7-10(16)3-4-13(11)19-15/h3-4,7,12,17H,5-6,8-9H2,1-2H3/t12-,15?/m0/s1. The highest BCUT2D eigenvalue weighted by Gasteiger charge is 2.47. The fraction of sp³-hybridized carbons (Fsp3) is 0.600. The number of rotatable bonds is 0. The zero-order chi connectivity index (χ0) is 13.7. The monoisotopic (exact) mass is 326 g/mol. The van der Waals surface area contributed by atoms with Crippen molar-refractivity contribution in [3.63, 3.8) is 0 Å². The van der Waals surface area contributed by atoms with E-state index in [9.17, 15) is 5.11 Å². The summed E-state index contributed by atoms with van der Waals surface area (Å²) in [5.41, 5.74) is 0.400. The maximum absolute atomic E-state index is 10.4. The Balaban J connectivity index is 1.94. The second-order valence-corrected chi connectivity index (χ2v) is 7.14. The lowest BCUT2D eigenvalue weighted by atomic mass is 9.77. The zero-order valence-corrected chi connectivity index (χ0v) is 12.9. The molecule has 1 saturated heterocycles. The predicted molar refractivity (Wildman–Crippen MR) is 76.3 cm³/mol. The van der Waals surface area contributed by atoms with E-state index in [0.717, 1.165) is 28.6 Å². The molecule has 4 heteroatoms. The average molecular weight is 327 g/mol. The van der Waals surface area contributed by atoms with Gasteiger partial charge in [0.05, 0.1) is 18.3 Å². The number of benzene rings is 1. The Kier molecular flexibility index (Phi) is 3.15. The topological polar surface area (TPSA) is 38.7 Å². The zero-order valence-electron chi connectivity index (χ0n) is 11.3. The van der Waals surface area contributed by atoms with Crippen molar-refractivity contribution in [3.05, 3.63) is 28.2 Å². The van der Waals surface area contributed by atoms with Crippen molar-refractivity contribution in [2.45, 2.75) is 50.4 Å². The number of ether oxygens (including phenoxy) is 2. The van der Waals surface area contributed by atoms with E-state index in [4.69, 9.17) is 9.47 Å². The Hall–Kier alpha value is -0.580. The molecule has 2 aliphatic rings. The number of aliphatic hydroxyl groups excluding tert-OH is 1. The van der Waals surface area contributed by atoms with E-state index in [0.29, 0.717) is 13.0 Å². The van der Waals surface area contributed by atoms with Crippen molar-refractivity contribution in [1.29, 1.82) is 0 Å². The third-order valence-corrected chi connectivity index (χ3v) is 4.51. The average Bonchev–Trinajstić information content (AvgIpc) is 2.29. The fourth-order valence-corrected chi connectivity index (χ4v) is 3.68. The molecule has 0 radical (unpaired) electrons. The SMILES string of the molecule is CC1(C)CC2(CCO1)C[C@H](O)c1cc(Br)ccc1O2. The van der Waals surface area contributed by atoms with Gasteiger partial charge in [0.2, 0.25) is 0 Å². The lowest BCUT2D eigenvalue weighted by Gasteiger charge is -2.48. The van der Waals surface area contributed by atoms with Gasteiger partial charge in [-0.2, -0.15) is 0 Å². The molecule has 1 fully saturated rings. The van der Waals surface area contributed by atoms with E-state index in [-0.39, 0.29) is 11.2 Å². The number of fused-ring (bicyclic) bond motifs is 1. The number of halogens is 1. The number of aliphatic hydroxyl groups is 1. The summed E-state index contributed by atoms with van der Waals surface area (Å²) >= 11 is 3.44. The molecule has 1 aromatic carbocycles. The van der Waals surface area contributed by atoms with Crippen molar-refractivity contribution in [3.8, 4) is 5.75 Å². The molecule has 2 heterocycles. The number of hydrogen-bond acceptors (Lipinski definition) is 3. The first kappa shape index (κ1) is 13.4. The van der Waals surface area contributed by atoms with Gasteiger partial charge in [-0.25, -0.2) is 0 Å². The van der Waals surface area contributed by atoms with Gasteiger partial charge in [0.1, 0.15) is 11.4 Å². The van der Waals surface area contributed by atoms with Crippen molar-refractivity contribution in [2.75, 3.05) is 6.61 Å². The van der Waals surface area contributed by atoms with Crippen molar-refractivity contribution >= 4 is 15.9 Å². The van der Waals surface area contributed by atoms with Gasteiger partial charge in [-0.15, -0.1) is 0 Å². The highest BCUT2D eigenvalue weighted by Crippen LogP contribution is 2.47. The minimum Gasteiger partial charge on any atom is -0.487 e. The van der Waals surface area contributed by atoms with Crippen LogP contribution in [0.1, 0.15) is 44.8 Å². The summed E-state index contributed by atoms with van der Waals surface area (Å²) in [7, 11) is 0. The molecule has 3 nitrogen and oxygen atoms in total. The molecule has 0 aliphatic carbocycles. The molecule has 0 saturated carbocycles. The molecular formula is C15H19BrO3. The van der Waals surface area contributed by atoms with Crippen LogP contribution in [0.4, 0.5) is 0 Å². The molecular weight excluding hydrogens is 308 g/mol. The molecule has 1 aromatic rings. The largest absolute Gasteiger partial charge is 0.487 e. The molecule has 104 valence electrons. The van der Waals surface area contributed by atoms with Crippen LogP contribution in [0, 0.1) is 0 Å². The van der Waals surface area contributed by atoms with Crippen LogP contribution in [-0.4, -0.2) is 22.9 Å². The maximum atomic E-state index is 10.4. The molecule has 1 N–H and O–H groups in total. The van der Waals surface area contributed by atoms with Crippen LogP contribution in [0.25, 0.3) is 0 Å². The Morgan fingerprint density at radius 3 is 2.89 bits per heavy atom. The number of hydrogen-bond donors (Lipinski definition) is 1. The molecule has 0 amide bonds. The Morgan fingerprint density at radius 1 is 1.37 bits per heavy atom. The first-order valence-electron chi connectivity index (χ1n) is 6.70. The summed E-state index contributed by atoms with van der Waals surface area (Å²) in [5, 5.41) is 10.4. The van der Waals surface area contributed by atoms with E-state index in [1.807, 2.05) is 18.2 Å². The first-order chi connectivity index (χ1) is 8.89. The molecule has 1 spiro atoms. The van der Waals surface area contributed by atoms with Gasteiger partial charge in [-0.1, -0.05) is 15.9 Å². The van der Waals surface area contributed by atoms with Crippen LogP contribution >= 0.6 is 15.9 Å². The summed E-state index contributed by atoms with van der Waals surface area (Å²) in [5.74, 6) is 0.805. The van der Waals surface area contributed by atoms with Gasteiger partial charge in [0, 0.05) is 29.3 Å². The summed E-state index contributed by atoms with van der Waals surface area (Å²) in [6, 6.07) is 5.83. The van der Waals surface area contributed by atoms with Crippen molar-refractivity contribution in [2.24, 2.45) is 0 Å². The fourth-order valence-electron chi connectivity index (χ4n) is 3.30. The van der Waals surface area contributed by atoms with Gasteiger partial charge >= 0.3 is 0 Å². The quantitative estimate of drug-likeness (QED) is 0.791. The van der Waals surface area contributed by atoms with Crippen LogP contribution in [0.2, 0.25) is 0 Å². The van der Waals surface area contributed by atoms with Crippen molar-refractivity contribution < 1.29 is 14.6 Å². The van der Waals surface area contributed by atoms with E-state index in [1.54, 1.807) is 0 Å². The highest BCUT2D eigenvalue weighted by molar-refractivity contribution is 9.10. The van der Waals surface area contributed by atoms with Crippen LogP contribution < -0.4 is 4.74 Å². The van der Waals surface area contributed by atoms with E-state index in [2.05, 4.69) is 29.8 Å². The van der Waals surface area contributed by atoms with Crippen LogP contribution in [0.15, 0.2) is 22.7 Å². The summed E-state index contributed by atoms with van der Waals surface area (Å²) in [4.78, 5) is 0. The summed E-state index contributed by atoms with van der Waals surface area (Å²) in [6.45, 7) is 4.85. The second kappa shape index (κ2) is 4.47. The minimum atomic E-state index is -0.463. The molecule has 3 rings (SSSR count). The van der Waals surface area contributed by atoms with Gasteiger partial charge in [0.25, 0.3) is 0 Å². The van der Waals surface area contributed by atoms with Crippen molar-refractivity contribution in [1.82, 2.24) is 0 Å². The summed E-state index contributed by atoms with van der Waals surface area (Å²) < 4.78 is 13.0. The Bertz CT molecular complexity index is 500. The third-order valence-electron chi connectivity index (χ3n) is 4.02. The van der Waals surface area contributed by atoms with Crippen LogP contribution in [-0.2, 0) is 4.74 Å². The van der Waals surface area contributed by atoms with E-state index in [1.165, 1.54) is 0 Å². The second-order valence-electron chi connectivity index (χ2n) is 6.22. The van der Waals surface area contributed by atoms with E-state index < -0.39 is 6.10 Å². The van der Waals surface area contributed by atoms with E-state index >= 15 is 0 Å². The Morgan fingerprint density at radius 2 is 2.16 bits per heavy atom. The molecule has 19 heavy (non-hydrogen) atoms. The molecule has 2 aliphatic heterocycles. The lowest BCUT2D eigenvalue weighted by Crippen LogP contribution is -2.51. The smallest absolute Gasteiger partial charge is 0.126 e. The lowest BCUT2D eigenvalue weighted by molar-refractivity contribution is -0.151. The minimum absolute atomic E-state index is 0.190. The highest BCUT2D eigenvalue weighted by atomic mass is 79.9. The normalized spacial score (nSPS) is 32.7. The van der Waals surface area contributed by atoms with Gasteiger partial charge in [-0.05, 0) is 32.0 Å². The predicted octanol–water partition coefficient (Wildman–Crippen LogP) is 3.59. The molecule has 1 unspecified atom stereocenters. The van der Waals surface area contributed by atoms with Crippen LogP contribution in [0.5, 0.6) is 5.75 Å². The van der Waals surface area contributed by atoms with Gasteiger partial charge in [-0.3, -0.25) is 0 Å².